The maximum Gasteiger partial charge on any atom is 0.0244 e. The monoisotopic (exact) mass is 203 g/mol. The van der Waals surface area contributed by atoms with Crippen molar-refractivity contribution in [1.82, 2.24) is 0 Å². The van der Waals surface area contributed by atoms with E-state index in [4.69, 9.17) is 0 Å². The zero-order valence-corrected chi connectivity index (χ0v) is 10.0. The highest BCUT2D eigenvalue weighted by Crippen LogP contribution is 2.18. The highest BCUT2D eigenvalue weighted by Gasteiger charge is 2.08. The Morgan fingerprint density at radius 3 is 2.87 bits per heavy atom. The molecule has 0 amide bonds. The molecule has 0 bridgehead atoms. The van der Waals surface area contributed by atoms with Gasteiger partial charge in [0.25, 0.3) is 0 Å². The molecular weight excluding hydrogens is 182 g/mol. The molecular formula is C14H21N. The van der Waals surface area contributed by atoms with Crippen LogP contribution in [0, 0.1) is 5.92 Å². The van der Waals surface area contributed by atoms with E-state index in [9.17, 15) is 0 Å². The smallest absolute Gasteiger partial charge is 0.0244 e. The average molecular weight is 203 g/mol. The fourth-order valence-electron chi connectivity index (χ4n) is 1.60. The summed E-state index contributed by atoms with van der Waals surface area (Å²) in [6.07, 6.45) is 13.9. The number of allylic oxidation sites excluding steroid dienone is 5. The van der Waals surface area contributed by atoms with Crippen molar-refractivity contribution in [2.75, 3.05) is 0 Å². The molecule has 0 saturated heterocycles. The number of rotatable bonds is 4. The number of hydrogen-bond acceptors (Lipinski definition) is 1. The molecule has 0 aromatic carbocycles. The van der Waals surface area contributed by atoms with E-state index in [0.717, 1.165) is 6.42 Å². The first-order valence-corrected chi connectivity index (χ1v) is 5.76. The molecule has 0 saturated carbocycles. The normalized spacial score (nSPS) is 17.6. The van der Waals surface area contributed by atoms with Crippen molar-refractivity contribution in [3.63, 3.8) is 0 Å². The van der Waals surface area contributed by atoms with E-state index in [1.54, 1.807) is 0 Å². The minimum atomic E-state index is 0.535. The second kappa shape index (κ2) is 6.39. The topological polar surface area (TPSA) is 12.4 Å². The number of nitrogens with zero attached hydrogens (tertiary/aromatic N) is 1. The summed E-state index contributed by atoms with van der Waals surface area (Å²) in [4.78, 5) is 4.51. The van der Waals surface area contributed by atoms with Crippen LogP contribution < -0.4 is 0 Å². The summed E-state index contributed by atoms with van der Waals surface area (Å²) in [7, 11) is 0. The molecule has 1 aliphatic rings. The third-order valence-electron chi connectivity index (χ3n) is 2.56. The van der Waals surface area contributed by atoms with E-state index in [1.807, 2.05) is 19.2 Å². The summed E-state index contributed by atoms with van der Waals surface area (Å²) in [5.41, 5.74) is 2.80. The third kappa shape index (κ3) is 4.28. The molecule has 1 rings (SSSR count). The molecule has 1 aliphatic carbocycles. The fraction of sp³-hybridized carbons (Fsp3) is 0.500. The van der Waals surface area contributed by atoms with Crippen molar-refractivity contribution in [2.24, 2.45) is 10.9 Å². The summed E-state index contributed by atoms with van der Waals surface area (Å²) in [5, 5.41) is 0. The van der Waals surface area contributed by atoms with Crippen molar-refractivity contribution in [3.05, 3.63) is 36.1 Å². The van der Waals surface area contributed by atoms with E-state index in [1.165, 1.54) is 24.1 Å². The quantitative estimate of drug-likeness (QED) is 0.605. The molecule has 0 aromatic rings. The van der Waals surface area contributed by atoms with Crippen molar-refractivity contribution < 1.29 is 0 Å². The summed E-state index contributed by atoms with van der Waals surface area (Å²) in [6.45, 7) is 6.42. The van der Waals surface area contributed by atoms with Gasteiger partial charge in [-0.1, -0.05) is 43.7 Å². The molecule has 0 spiro atoms. The minimum Gasteiger partial charge on any atom is -0.265 e. The summed E-state index contributed by atoms with van der Waals surface area (Å²) >= 11 is 0. The van der Waals surface area contributed by atoms with E-state index < -0.39 is 0 Å². The predicted octanol–water partition coefficient (Wildman–Crippen LogP) is 4.28. The molecule has 0 heterocycles. The Bertz CT molecular complexity index is 303. The molecule has 1 heteroatoms. The zero-order chi connectivity index (χ0) is 11.1. The molecule has 0 aliphatic heterocycles. The van der Waals surface area contributed by atoms with Crippen molar-refractivity contribution in [3.8, 4) is 0 Å². The lowest BCUT2D eigenvalue weighted by atomic mass is 9.95. The molecule has 0 atom stereocenters. The van der Waals surface area contributed by atoms with Gasteiger partial charge in [-0.2, -0.15) is 0 Å². The second-order valence-corrected chi connectivity index (χ2v) is 4.23. The van der Waals surface area contributed by atoms with E-state index in [0.29, 0.717) is 5.92 Å². The van der Waals surface area contributed by atoms with Crippen LogP contribution in [0.4, 0.5) is 0 Å². The van der Waals surface area contributed by atoms with Gasteiger partial charge >= 0.3 is 0 Å². The molecule has 0 aromatic heterocycles. The van der Waals surface area contributed by atoms with E-state index in [-0.39, 0.29) is 0 Å². The lowest BCUT2D eigenvalue weighted by Gasteiger charge is -2.13. The number of aliphatic imine (C=N–C) groups is 1. The van der Waals surface area contributed by atoms with Crippen LogP contribution in [-0.4, -0.2) is 5.71 Å². The first-order chi connectivity index (χ1) is 7.24. The fourth-order valence-corrected chi connectivity index (χ4v) is 1.60. The van der Waals surface area contributed by atoms with Gasteiger partial charge in [-0.3, -0.25) is 4.99 Å². The Morgan fingerprint density at radius 2 is 2.33 bits per heavy atom. The van der Waals surface area contributed by atoms with Crippen LogP contribution >= 0.6 is 0 Å². The standard InChI is InChI=1S/C14H21N/c1-4-10-15-14(12(2)3)11-13-8-6-5-7-9-13/h4-6,8,10,12H,7,9,11H2,1-3H3/b10-4-,15-14+. The van der Waals surface area contributed by atoms with Gasteiger partial charge in [0.15, 0.2) is 0 Å². The van der Waals surface area contributed by atoms with Crippen LogP contribution in [0.25, 0.3) is 0 Å². The molecule has 0 N–H and O–H groups in total. The molecule has 0 radical (unpaired) electrons. The summed E-state index contributed by atoms with van der Waals surface area (Å²) in [5.74, 6) is 0.535. The van der Waals surface area contributed by atoms with Crippen molar-refractivity contribution in [1.29, 1.82) is 0 Å². The third-order valence-corrected chi connectivity index (χ3v) is 2.56. The van der Waals surface area contributed by atoms with Gasteiger partial charge in [-0.15, -0.1) is 0 Å². The molecule has 0 unspecified atom stereocenters. The average Bonchev–Trinajstić information content (AvgIpc) is 2.25. The summed E-state index contributed by atoms with van der Waals surface area (Å²) < 4.78 is 0. The lowest BCUT2D eigenvalue weighted by Crippen LogP contribution is -2.09. The van der Waals surface area contributed by atoms with E-state index in [2.05, 4.69) is 37.1 Å². The highest BCUT2D eigenvalue weighted by atomic mass is 14.7. The van der Waals surface area contributed by atoms with Crippen LogP contribution in [0.15, 0.2) is 41.1 Å². The minimum absolute atomic E-state index is 0.535. The van der Waals surface area contributed by atoms with Crippen molar-refractivity contribution >= 4 is 5.71 Å². The molecule has 82 valence electrons. The molecule has 1 nitrogen and oxygen atoms in total. The largest absolute Gasteiger partial charge is 0.265 e. The van der Waals surface area contributed by atoms with Gasteiger partial charge in [-0.05, 0) is 25.7 Å². The molecule has 0 fully saturated rings. The number of hydrogen-bond donors (Lipinski definition) is 0. The Hall–Kier alpha value is -1.11. The Morgan fingerprint density at radius 1 is 1.53 bits per heavy atom. The van der Waals surface area contributed by atoms with Gasteiger partial charge in [0.1, 0.15) is 0 Å². The zero-order valence-electron chi connectivity index (χ0n) is 10.0. The second-order valence-electron chi connectivity index (χ2n) is 4.23. The van der Waals surface area contributed by atoms with Gasteiger partial charge in [0.05, 0.1) is 0 Å². The Balaban J connectivity index is 2.66. The van der Waals surface area contributed by atoms with Crippen LogP contribution in [0.2, 0.25) is 0 Å². The Kier molecular flexibility index (Phi) is 5.09. The van der Waals surface area contributed by atoms with Gasteiger partial charge in [0.2, 0.25) is 0 Å². The van der Waals surface area contributed by atoms with Gasteiger partial charge < -0.3 is 0 Å². The SMILES string of the molecule is C/C=C\N=C(/CC1=CC=CCC1)C(C)C. The Labute approximate surface area is 93.3 Å². The maximum absolute atomic E-state index is 4.51. The highest BCUT2D eigenvalue weighted by molar-refractivity contribution is 5.88. The van der Waals surface area contributed by atoms with Crippen LogP contribution in [0.3, 0.4) is 0 Å². The van der Waals surface area contributed by atoms with Crippen LogP contribution in [0.1, 0.15) is 40.0 Å². The van der Waals surface area contributed by atoms with Crippen LogP contribution in [-0.2, 0) is 0 Å². The first-order valence-electron chi connectivity index (χ1n) is 5.76. The predicted molar refractivity (Wildman–Crippen MR) is 68.2 cm³/mol. The van der Waals surface area contributed by atoms with Crippen LogP contribution in [0.5, 0.6) is 0 Å². The van der Waals surface area contributed by atoms with Gasteiger partial charge in [-0.25, -0.2) is 0 Å². The van der Waals surface area contributed by atoms with Crippen molar-refractivity contribution in [2.45, 2.75) is 40.0 Å². The maximum atomic E-state index is 4.51. The molecule has 15 heavy (non-hydrogen) atoms. The van der Waals surface area contributed by atoms with E-state index >= 15 is 0 Å². The first kappa shape index (κ1) is 12.0. The summed E-state index contributed by atoms with van der Waals surface area (Å²) in [6, 6.07) is 0. The van der Waals surface area contributed by atoms with Gasteiger partial charge in [0, 0.05) is 18.3 Å². The lowest BCUT2D eigenvalue weighted by molar-refractivity contribution is 0.841.